The number of aromatic nitrogens is 5. The molecular formula is C20H25N7O. The summed E-state index contributed by atoms with van der Waals surface area (Å²) in [5.74, 6) is 1.72. The van der Waals surface area contributed by atoms with E-state index in [9.17, 15) is 4.79 Å². The summed E-state index contributed by atoms with van der Waals surface area (Å²) in [5, 5.41) is 13.9. The molecular weight excluding hydrogens is 354 g/mol. The zero-order chi connectivity index (χ0) is 19.3. The molecule has 0 spiro atoms. The minimum atomic E-state index is -0.259. The highest BCUT2D eigenvalue weighted by Crippen LogP contribution is 2.28. The van der Waals surface area contributed by atoms with Crippen LogP contribution in [-0.2, 0) is 6.54 Å². The highest BCUT2D eigenvalue weighted by atomic mass is 16.2. The first kappa shape index (κ1) is 18.2. The first-order chi connectivity index (χ1) is 13.7. The van der Waals surface area contributed by atoms with Crippen LogP contribution in [0.15, 0.2) is 43.0 Å². The number of nitrogens with one attached hydrogen (secondary N) is 2. The third-order valence-corrected chi connectivity index (χ3v) is 5.25. The molecule has 146 valence electrons. The molecule has 0 saturated heterocycles. The lowest BCUT2D eigenvalue weighted by molar-refractivity contribution is 0.251. The Morgan fingerprint density at radius 2 is 1.96 bits per heavy atom. The van der Waals surface area contributed by atoms with Gasteiger partial charge < -0.3 is 19.8 Å². The van der Waals surface area contributed by atoms with Crippen LogP contribution < -0.4 is 10.6 Å². The lowest BCUT2D eigenvalue weighted by Crippen LogP contribution is -2.30. The quantitative estimate of drug-likeness (QED) is 0.709. The molecule has 3 aromatic rings. The standard InChI is InChI=1S/C20H25N7O/c1-15-21-11-12-26(15)18-9-7-16(8-10-18)24-20(28)22-13-19-25-23-14-27(19)17-5-3-2-4-6-17/h7-12,14,17H,2-6,13H2,1H3,(H2,22,24,28). The lowest BCUT2D eigenvalue weighted by atomic mass is 9.95. The van der Waals surface area contributed by atoms with E-state index in [1.54, 1.807) is 12.5 Å². The van der Waals surface area contributed by atoms with Gasteiger partial charge in [0, 0.05) is 29.8 Å². The van der Waals surface area contributed by atoms with Crippen molar-refractivity contribution in [2.45, 2.75) is 51.6 Å². The average Bonchev–Trinajstić information content (AvgIpc) is 3.36. The third kappa shape index (κ3) is 4.05. The number of aryl methyl sites for hydroxylation is 1. The number of benzene rings is 1. The summed E-state index contributed by atoms with van der Waals surface area (Å²) >= 11 is 0. The van der Waals surface area contributed by atoms with Crippen molar-refractivity contribution in [3.8, 4) is 5.69 Å². The Hall–Kier alpha value is -3.16. The SMILES string of the molecule is Cc1nccn1-c1ccc(NC(=O)NCc2nncn2C2CCCCC2)cc1. The number of amides is 2. The molecule has 28 heavy (non-hydrogen) atoms. The maximum absolute atomic E-state index is 12.3. The molecule has 4 rings (SSSR count). The molecule has 1 aliphatic rings. The largest absolute Gasteiger partial charge is 0.331 e. The Labute approximate surface area is 164 Å². The topological polar surface area (TPSA) is 89.7 Å². The van der Waals surface area contributed by atoms with Crippen molar-refractivity contribution in [3.63, 3.8) is 0 Å². The predicted octanol–water partition coefficient (Wildman–Crippen LogP) is 3.60. The summed E-state index contributed by atoms with van der Waals surface area (Å²) in [7, 11) is 0. The van der Waals surface area contributed by atoms with E-state index in [1.165, 1.54) is 19.3 Å². The van der Waals surface area contributed by atoms with E-state index < -0.39 is 0 Å². The third-order valence-electron chi connectivity index (χ3n) is 5.25. The molecule has 0 aliphatic heterocycles. The van der Waals surface area contributed by atoms with Crippen molar-refractivity contribution < 1.29 is 4.79 Å². The molecule has 1 fully saturated rings. The summed E-state index contributed by atoms with van der Waals surface area (Å²) < 4.78 is 4.10. The number of imidazole rings is 1. The molecule has 2 heterocycles. The van der Waals surface area contributed by atoms with E-state index in [2.05, 4.69) is 30.4 Å². The Morgan fingerprint density at radius 1 is 1.18 bits per heavy atom. The molecule has 1 saturated carbocycles. The van der Waals surface area contributed by atoms with Gasteiger partial charge in [-0.3, -0.25) is 0 Å². The smallest absolute Gasteiger partial charge is 0.319 e. The monoisotopic (exact) mass is 379 g/mol. The number of hydrogen-bond donors (Lipinski definition) is 2. The van der Waals surface area contributed by atoms with Gasteiger partial charge in [0.25, 0.3) is 0 Å². The first-order valence-electron chi connectivity index (χ1n) is 9.74. The van der Waals surface area contributed by atoms with Crippen LogP contribution in [0.3, 0.4) is 0 Å². The van der Waals surface area contributed by atoms with Gasteiger partial charge in [-0.1, -0.05) is 19.3 Å². The molecule has 8 heteroatoms. The molecule has 0 unspecified atom stereocenters. The fraction of sp³-hybridized carbons (Fsp3) is 0.400. The fourth-order valence-corrected chi connectivity index (χ4v) is 3.75. The number of rotatable bonds is 5. The zero-order valence-corrected chi connectivity index (χ0v) is 16.0. The number of urea groups is 1. The Bertz CT molecular complexity index is 922. The van der Waals surface area contributed by atoms with Crippen LogP contribution in [0.2, 0.25) is 0 Å². The molecule has 1 aromatic carbocycles. The average molecular weight is 379 g/mol. The van der Waals surface area contributed by atoms with Crippen LogP contribution in [0.1, 0.15) is 49.8 Å². The summed E-state index contributed by atoms with van der Waals surface area (Å²) in [5.41, 5.74) is 1.73. The maximum Gasteiger partial charge on any atom is 0.319 e. The number of nitrogens with zero attached hydrogens (tertiary/aromatic N) is 5. The van der Waals surface area contributed by atoms with E-state index >= 15 is 0 Å². The van der Waals surface area contributed by atoms with Crippen molar-refractivity contribution in [2.75, 3.05) is 5.32 Å². The number of anilines is 1. The van der Waals surface area contributed by atoms with E-state index in [1.807, 2.05) is 42.0 Å². The molecule has 2 amide bonds. The van der Waals surface area contributed by atoms with Crippen LogP contribution >= 0.6 is 0 Å². The van der Waals surface area contributed by atoms with Crippen molar-refractivity contribution in [3.05, 3.63) is 54.6 Å². The first-order valence-corrected chi connectivity index (χ1v) is 9.74. The second-order valence-corrected chi connectivity index (χ2v) is 7.15. The molecule has 0 bridgehead atoms. The van der Waals surface area contributed by atoms with Crippen LogP contribution in [0, 0.1) is 6.92 Å². The van der Waals surface area contributed by atoms with Crippen LogP contribution in [-0.4, -0.2) is 30.3 Å². The minimum absolute atomic E-state index is 0.259. The van der Waals surface area contributed by atoms with Crippen LogP contribution in [0.25, 0.3) is 5.69 Å². The molecule has 2 aromatic heterocycles. The lowest BCUT2D eigenvalue weighted by Gasteiger charge is -2.24. The van der Waals surface area contributed by atoms with E-state index in [-0.39, 0.29) is 6.03 Å². The Kier molecular flexibility index (Phi) is 5.36. The zero-order valence-electron chi connectivity index (χ0n) is 16.0. The molecule has 1 aliphatic carbocycles. The highest BCUT2D eigenvalue weighted by Gasteiger charge is 2.18. The summed E-state index contributed by atoms with van der Waals surface area (Å²) in [6.07, 6.45) is 11.5. The number of hydrogen-bond acceptors (Lipinski definition) is 4. The Balaban J connectivity index is 1.33. The second-order valence-electron chi connectivity index (χ2n) is 7.15. The van der Waals surface area contributed by atoms with Gasteiger partial charge in [0.15, 0.2) is 5.82 Å². The van der Waals surface area contributed by atoms with Crippen molar-refractivity contribution in [1.82, 2.24) is 29.6 Å². The van der Waals surface area contributed by atoms with Crippen LogP contribution in [0.4, 0.5) is 10.5 Å². The summed E-state index contributed by atoms with van der Waals surface area (Å²) in [4.78, 5) is 16.5. The molecule has 8 nitrogen and oxygen atoms in total. The van der Waals surface area contributed by atoms with Gasteiger partial charge in [0.2, 0.25) is 0 Å². The van der Waals surface area contributed by atoms with E-state index in [0.29, 0.717) is 12.6 Å². The van der Waals surface area contributed by atoms with Gasteiger partial charge in [-0.25, -0.2) is 9.78 Å². The van der Waals surface area contributed by atoms with Gasteiger partial charge in [-0.2, -0.15) is 0 Å². The van der Waals surface area contributed by atoms with E-state index in [0.717, 1.165) is 35.9 Å². The second kappa shape index (κ2) is 8.24. The predicted molar refractivity (Wildman–Crippen MR) is 106 cm³/mol. The van der Waals surface area contributed by atoms with Gasteiger partial charge in [0.05, 0.1) is 6.54 Å². The van der Waals surface area contributed by atoms with Gasteiger partial charge >= 0.3 is 6.03 Å². The number of carbonyl (C=O) groups excluding carboxylic acids is 1. The summed E-state index contributed by atoms with van der Waals surface area (Å²) in [6.45, 7) is 2.31. The van der Waals surface area contributed by atoms with Crippen molar-refractivity contribution in [1.29, 1.82) is 0 Å². The summed E-state index contributed by atoms with van der Waals surface area (Å²) in [6, 6.07) is 7.83. The van der Waals surface area contributed by atoms with Crippen LogP contribution in [0.5, 0.6) is 0 Å². The van der Waals surface area contributed by atoms with Gasteiger partial charge in [-0.05, 0) is 44.0 Å². The van der Waals surface area contributed by atoms with E-state index in [4.69, 9.17) is 0 Å². The van der Waals surface area contributed by atoms with Gasteiger partial charge in [0.1, 0.15) is 12.2 Å². The van der Waals surface area contributed by atoms with Crippen molar-refractivity contribution in [2.24, 2.45) is 0 Å². The van der Waals surface area contributed by atoms with Gasteiger partial charge in [-0.15, -0.1) is 10.2 Å². The molecule has 0 atom stereocenters. The van der Waals surface area contributed by atoms with Crippen molar-refractivity contribution >= 4 is 11.7 Å². The maximum atomic E-state index is 12.3. The number of carbonyl (C=O) groups is 1. The Morgan fingerprint density at radius 3 is 2.68 bits per heavy atom. The normalized spacial score (nSPS) is 14.8. The molecule has 2 N–H and O–H groups in total. The fourth-order valence-electron chi connectivity index (χ4n) is 3.75. The highest BCUT2D eigenvalue weighted by molar-refractivity contribution is 5.89. The molecule has 0 radical (unpaired) electrons. The minimum Gasteiger partial charge on any atom is -0.331 e.